The van der Waals surface area contributed by atoms with Crippen LogP contribution in [0.4, 0.5) is 15.8 Å². The second kappa shape index (κ2) is 7.88. The highest BCUT2D eigenvalue weighted by atomic mass is 19.1. The average molecular weight is 483 g/mol. The SMILES string of the molecule is COc1ccc2c(c1)C=CC1N2C(C(C)=O)C(C(=O)c2ccccc2F)C12C(=O)Nc1ccccc12. The molecule has 7 heteroatoms. The maximum Gasteiger partial charge on any atom is 0.238 e. The van der Waals surface area contributed by atoms with E-state index >= 15 is 0 Å². The molecule has 3 aliphatic heterocycles. The number of hydrogen-bond donors (Lipinski definition) is 1. The molecule has 1 N–H and O–H groups in total. The van der Waals surface area contributed by atoms with E-state index in [0.717, 1.165) is 5.56 Å². The van der Waals surface area contributed by atoms with Crippen molar-refractivity contribution in [3.63, 3.8) is 0 Å². The van der Waals surface area contributed by atoms with Crippen molar-refractivity contribution in [1.29, 1.82) is 0 Å². The molecule has 3 aliphatic rings. The number of nitrogens with one attached hydrogen (secondary N) is 1. The summed E-state index contributed by atoms with van der Waals surface area (Å²) in [5.74, 6) is -2.42. The fourth-order valence-corrected chi connectivity index (χ4v) is 6.27. The Labute approximate surface area is 207 Å². The van der Waals surface area contributed by atoms with Gasteiger partial charge in [-0.25, -0.2) is 4.39 Å². The molecule has 1 saturated heterocycles. The number of nitrogens with zero attached hydrogens (tertiary/aromatic N) is 1. The first-order valence-corrected chi connectivity index (χ1v) is 11.7. The standard InChI is InChI=1S/C29H23FN2O4/c1-16(33)26-25(27(34)19-7-3-5-9-21(19)30)29(20-8-4-6-10-22(20)31-28(29)35)24-14-11-17-15-18(36-2)12-13-23(17)32(24)26/h3-15,24-26H,1-2H3,(H,31,35). The van der Waals surface area contributed by atoms with Crippen LogP contribution >= 0.6 is 0 Å². The van der Waals surface area contributed by atoms with Crippen LogP contribution in [0, 0.1) is 11.7 Å². The molecular weight excluding hydrogens is 459 g/mol. The Hall–Kier alpha value is -4.26. The minimum Gasteiger partial charge on any atom is -0.497 e. The molecule has 3 aromatic rings. The zero-order valence-electron chi connectivity index (χ0n) is 19.7. The van der Waals surface area contributed by atoms with Crippen LogP contribution in [0.2, 0.25) is 0 Å². The molecule has 180 valence electrons. The number of Topliss-reactive ketones (excluding diaryl/α,β-unsaturated/α-hetero) is 2. The first-order chi connectivity index (χ1) is 17.4. The van der Waals surface area contributed by atoms with E-state index in [4.69, 9.17) is 4.74 Å². The van der Waals surface area contributed by atoms with Gasteiger partial charge >= 0.3 is 0 Å². The van der Waals surface area contributed by atoms with Gasteiger partial charge in [0.15, 0.2) is 11.6 Å². The first kappa shape index (κ1) is 22.2. The zero-order valence-corrected chi connectivity index (χ0v) is 19.7. The molecule has 3 aromatic carbocycles. The second-order valence-electron chi connectivity index (χ2n) is 9.38. The molecule has 6 rings (SSSR count). The van der Waals surface area contributed by atoms with Crippen molar-refractivity contribution < 1.29 is 23.5 Å². The van der Waals surface area contributed by atoms with E-state index in [-0.39, 0.29) is 17.3 Å². The minimum absolute atomic E-state index is 0.135. The van der Waals surface area contributed by atoms with Gasteiger partial charge in [0, 0.05) is 16.9 Å². The summed E-state index contributed by atoms with van der Waals surface area (Å²) in [4.78, 5) is 43.4. The van der Waals surface area contributed by atoms with Crippen molar-refractivity contribution in [2.75, 3.05) is 17.3 Å². The average Bonchev–Trinajstić information content (AvgIpc) is 3.36. The van der Waals surface area contributed by atoms with Crippen molar-refractivity contribution in [3.05, 3.63) is 95.3 Å². The third-order valence-corrected chi connectivity index (χ3v) is 7.68. The number of amides is 1. The monoisotopic (exact) mass is 482 g/mol. The van der Waals surface area contributed by atoms with Gasteiger partial charge in [-0.2, -0.15) is 0 Å². The fraction of sp³-hybridized carbons (Fsp3) is 0.207. The predicted octanol–water partition coefficient (Wildman–Crippen LogP) is 4.40. The molecule has 0 aromatic heterocycles. The van der Waals surface area contributed by atoms with Crippen LogP contribution < -0.4 is 15.0 Å². The maximum atomic E-state index is 14.9. The van der Waals surface area contributed by atoms with E-state index in [9.17, 15) is 18.8 Å². The highest BCUT2D eigenvalue weighted by molar-refractivity contribution is 6.16. The number of anilines is 2. The number of methoxy groups -OCH3 is 1. The smallest absolute Gasteiger partial charge is 0.238 e. The molecule has 1 fully saturated rings. The van der Waals surface area contributed by atoms with E-state index in [0.29, 0.717) is 22.7 Å². The Bertz CT molecular complexity index is 1480. The number of rotatable bonds is 4. The van der Waals surface area contributed by atoms with Crippen molar-refractivity contribution in [2.45, 2.75) is 24.4 Å². The van der Waals surface area contributed by atoms with Gasteiger partial charge in [0.05, 0.1) is 30.7 Å². The van der Waals surface area contributed by atoms with Gasteiger partial charge in [-0.05, 0) is 48.9 Å². The lowest BCUT2D eigenvalue weighted by atomic mass is 9.64. The summed E-state index contributed by atoms with van der Waals surface area (Å²) < 4.78 is 20.3. The molecule has 6 nitrogen and oxygen atoms in total. The molecule has 4 unspecified atom stereocenters. The number of para-hydroxylation sites is 1. The number of benzene rings is 3. The number of carbonyl (C=O) groups is 3. The van der Waals surface area contributed by atoms with Crippen LogP contribution in [0.3, 0.4) is 0 Å². The number of hydrogen-bond acceptors (Lipinski definition) is 5. The molecule has 36 heavy (non-hydrogen) atoms. The summed E-state index contributed by atoms with van der Waals surface area (Å²) in [6.07, 6.45) is 3.76. The number of fused-ring (bicyclic) bond motifs is 6. The van der Waals surface area contributed by atoms with Crippen LogP contribution in [0.15, 0.2) is 72.8 Å². The Kier molecular flexibility index (Phi) is 4.86. The summed E-state index contributed by atoms with van der Waals surface area (Å²) in [7, 11) is 1.57. The van der Waals surface area contributed by atoms with Gasteiger partial charge in [-0.1, -0.05) is 42.5 Å². The van der Waals surface area contributed by atoms with E-state index in [2.05, 4.69) is 5.32 Å². The van der Waals surface area contributed by atoms with Crippen LogP contribution in [-0.2, 0) is 15.0 Å². The zero-order chi connectivity index (χ0) is 25.2. The van der Waals surface area contributed by atoms with E-state index < -0.39 is 35.0 Å². The Balaban J connectivity index is 1.66. The van der Waals surface area contributed by atoms with Crippen LogP contribution in [0.1, 0.15) is 28.4 Å². The Morgan fingerprint density at radius 3 is 2.56 bits per heavy atom. The number of ether oxygens (including phenoxy) is 1. The molecule has 0 saturated carbocycles. The molecule has 4 atom stereocenters. The Morgan fingerprint density at radius 1 is 1.06 bits per heavy atom. The molecule has 0 aliphatic carbocycles. The van der Waals surface area contributed by atoms with Crippen molar-refractivity contribution in [3.8, 4) is 5.75 Å². The lowest BCUT2D eigenvalue weighted by Gasteiger charge is -2.37. The number of carbonyl (C=O) groups excluding carboxylic acids is 3. The summed E-state index contributed by atoms with van der Waals surface area (Å²) >= 11 is 0. The third-order valence-electron chi connectivity index (χ3n) is 7.68. The van der Waals surface area contributed by atoms with Crippen LogP contribution in [-0.4, -0.2) is 36.7 Å². The van der Waals surface area contributed by atoms with Gasteiger partial charge in [-0.15, -0.1) is 0 Å². The molecule has 1 spiro atoms. The van der Waals surface area contributed by atoms with E-state index in [1.165, 1.54) is 25.1 Å². The van der Waals surface area contributed by atoms with Crippen molar-refractivity contribution in [2.24, 2.45) is 5.92 Å². The Morgan fingerprint density at radius 2 is 1.81 bits per heavy atom. The first-order valence-electron chi connectivity index (χ1n) is 11.7. The van der Waals surface area contributed by atoms with Gasteiger partial charge in [0.25, 0.3) is 0 Å². The van der Waals surface area contributed by atoms with Crippen molar-refractivity contribution in [1.82, 2.24) is 0 Å². The second-order valence-corrected chi connectivity index (χ2v) is 9.38. The number of ketones is 2. The van der Waals surface area contributed by atoms with Gasteiger partial charge in [-0.3, -0.25) is 14.4 Å². The molecular formula is C29H23FN2O4. The lowest BCUT2D eigenvalue weighted by Crippen LogP contribution is -2.51. The molecule has 0 radical (unpaired) electrons. The van der Waals surface area contributed by atoms with Crippen molar-refractivity contribution >= 4 is 34.9 Å². The highest BCUT2D eigenvalue weighted by Gasteiger charge is 2.70. The van der Waals surface area contributed by atoms with Gasteiger partial charge < -0.3 is 15.0 Å². The minimum atomic E-state index is -1.43. The maximum absolute atomic E-state index is 14.9. The van der Waals surface area contributed by atoms with E-state index in [1.807, 2.05) is 41.3 Å². The topological polar surface area (TPSA) is 75.7 Å². The normalized spacial score (nSPS) is 25.2. The van der Waals surface area contributed by atoms with Crippen LogP contribution in [0.5, 0.6) is 5.75 Å². The molecule has 0 bridgehead atoms. The summed E-state index contributed by atoms with van der Waals surface area (Å²) in [6.45, 7) is 1.42. The number of halogens is 1. The quantitative estimate of drug-likeness (QED) is 0.558. The summed E-state index contributed by atoms with van der Waals surface area (Å²) in [5.41, 5.74) is 1.17. The molecule has 3 heterocycles. The third kappa shape index (κ3) is 2.80. The lowest BCUT2D eigenvalue weighted by molar-refractivity contribution is -0.122. The highest BCUT2D eigenvalue weighted by Crippen LogP contribution is 2.58. The largest absolute Gasteiger partial charge is 0.497 e. The summed E-state index contributed by atoms with van der Waals surface area (Å²) in [5, 5.41) is 2.94. The van der Waals surface area contributed by atoms with Gasteiger partial charge in [0.1, 0.15) is 17.0 Å². The molecule has 1 amide bonds. The van der Waals surface area contributed by atoms with Crippen LogP contribution in [0.25, 0.3) is 6.08 Å². The van der Waals surface area contributed by atoms with Gasteiger partial charge in [0.2, 0.25) is 5.91 Å². The van der Waals surface area contributed by atoms with E-state index in [1.54, 1.807) is 31.4 Å². The summed E-state index contributed by atoms with van der Waals surface area (Å²) in [6, 6.07) is 16.8. The fourth-order valence-electron chi connectivity index (χ4n) is 6.27. The predicted molar refractivity (Wildman–Crippen MR) is 134 cm³/mol.